The summed E-state index contributed by atoms with van der Waals surface area (Å²) < 4.78 is 71.8. The van der Waals surface area contributed by atoms with E-state index >= 15 is 0 Å². The summed E-state index contributed by atoms with van der Waals surface area (Å²) in [6, 6.07) is 4.04. The van der Waals surface area contributed by atoms with Gasteiger partial charge in [0.1, 0.15) is 0 Å². The van der Waals surface area contributed by atoms with E-state index in [-0.39, 0.29) is 0 Å². The molecule has 1 spiro atoms. The van der Waals surface area contributed by atoms with Crippen LogP contribution in [0.2, 0.25) is 0 Å². The van der Waals surface area contributed by atoms with Crippen molar-refractivity contribution in [2.45, 2.75) is 42.8 Å². The summed E-state index contributed by atoms with van der Waals surface area (Å²) >= 11 is 2.09. The predicted molar refractivity (Wildman–Crippen MR) is 118 cm³/mol. The van der Waals surface area contributed by atoms with E-state index in [0.717, 1.165) is 17.9 Å². The summed E-state index contributed by atoms with van der Waals surface area (Å²) in [5.74, 6) is -4.40. The predicted octanol–water partition coefficient (Wildman–Crippen LogP) is 3.36. The van der Waals surface area contributed by atoms with Crippen molar-refractivity contribution in [2.24, 2.45) is 7.05 Å². The number of aromatic nitrogens is 3. The molecule has 2 aliphatic rings. The second-order valence-corrected chi connectivity index (χ2v) is 9.75. The molecule has 2 saturated heterocycles. The number of halogens is 6. The van der Waals surface area contributed by atoms with Crippen LogP contribution in [-0.4, -0.2) is 83.9 Å². The molecular formula is C21H24F6N4O5S. The highest BCUT2D eigenvalue weighted by Gasteiger charge is 2.49. The summed E-state index contributed by atoms with van der Waals surface area (Å²) in [5, 5.41) is 18.5. The third-order valence-electron chi connectivity index (χ3n) is 5.06. The highest BCUT2D eigenvalue weighted by Crippen LogP contribution is 2.46. The minimum atomic E-state index is -5.08. The third kappa shape index (κ3) is 10.2. The van der Waals surface area contributed by atoms with Crippen molar-refractivity contribution in [3.63, 3.8) is 0 Å². The number of likely N-dealkylation sites (tertiary alicyclic amines) is 1. The molecule has 2 aromatic rings. The van der Waals surface area contributed by atoms with Crippen molar-refractivity contribution >= 4 is 23.7 Å². The molecule has 16 heteroatoms. The average Bonchev–Trinajstić information content (AvgIpc) is 3.39. The standard InChI is InChI=1S/C17H22N4OS.2C2HF3O2/c1-20-8-15(7-19-20)9-21-12-17(13-21)5-16(11-23-17)22-10-14-3-2-4-18-6-14;2*3-2(4,5)1(6)7/h2-4,6-8,16H,5,9-13H2,1H3;2*(H,6,7). The van der Waals surface area contributed by atoms with E-state index in [2.05, 4.69) is 39.0 Å². The largest absolute Gasteiger partial charge is 0.490 e. The second-order valence-electron chi connectivity index (χ2n) is 8.27. The fraction of sp³-hybridized carbons (Fsp3) is 0.524. The molecule has 2 N–H and O–H groups in total. The number of nitrogens with zero attached hydrogens (tertiary/aromatic N) is 4. The number of rotatable bonds is 5. The number of carbonyl (C=O) groups is 2. The molecular weight excluding hydrogens is 534 g/mol. The zero-order chi connectivity index (χ0) is 27.9. The Morgan fingerprint density at radius 3 is 2.16 bits per heavy atom. The lowest BCUT2D eigenvalue weighted by molar-refractivity contribution is -0.193. The molecule has 2 aromatic heterocycles. The fourth-order valence-corrected chi connectivity index (χ4v) is 5.12. The number of aliphatic carboxylic acids is 2. The molecule has 0 saturated carbocycles. The van der Waals surface area contributed by atoms with Crippen LogP contribution in [0.1, 0.15) is 17.5 Å². The number of aryl methyl sites for hydroxylation is 1. The molecule has 0 amide bonds. The number of alkyl halides is 6. The smallest absolute Gasteiger partial charge is 0.475 e. The van der Waals surface area contributed by atoms with Crippen LogP contribution < -0.4 is 0 Å². The summed E-state index contributed by atoms with van der Waals surface area (Å²) in [6.45, 7) is 4.02. The molecule has 4 rings (SSSR count). The first-order chi connectivity index (χ1) is 17.1. The van der Waals surface area contributed by atoms with Crippen LogP contribution >= 0.6 is 11.8 Å². The Labute approximate surface area is 211 Å². The highest BCUT2D eigenvalue weighted by atomic mass is 32.2. The number of ether oxygens (including phenoxy) is 1. The van der Waals surface area contributed by atoms with Crippen LogP contribution in [-0.2, 0) is 34.5 Å². The maximum atomic E-state index is 10.6. The van der Waals surface area contributed by atoms with Gasteiger partial charge in [-0.25, -0.2) is 9.59 Å². The van der Waals surface area contributed by atoms with E-state index in [0.29, 0.717) is 17.5 Å². The Hall–Kier alpha value is -2.85. The van der Waals surface area contributed by atoms with E-state index in [1.54, 1.807) is 6.20 Å². The number of carboxylic acid groups (broad SMARTS) is 2. The lowest BCUT2D eigenvalue weighted by Gasteiger charge is -2.47. The number of hydrogen-bond acceptors (Lipinski definition) is 7. The molecule has 0 bridgehead atoms. The summed E-state index contributed by atoms with van der Waals surface area (Å²) in [5.41, 5.74) is 2.46. The molecule has 4 heterocycles. The zero-order valence-electron chi connectivity index (χ0n) is 19.4. The highest BCUT2D eigenvalue weighted by molar-refractivity contribution is 8.01. The summed E-state index contributed by atoms with van der Waals surface area (Å²) in [4.78, 5) is 24.4. The van der Waals surface area contributed by atoms with Crippen LogP contribution in [0.15, 0.2) is 36.9 Å². The SMILES string of the molecule is Cn1cc(CN2CC3(CC(OCc4cccnc4)CS3)C2)cn1.O=C(O)C(F)(F)F.O=C(O)C(F)(F)F. The monoisotopic (exact) mass is 558 g/mol. The molecule has 0 aromatic carbocycles. The minimum Gasteiger partial charge on any atom is -0.475 e. The number of hydrogen-bond donors (Lipinski definition) is 2. The third-order valence-corrected chi connectivity index (χ3v) is 6.63. The van der Waals surface area contributed by atoms with Gasteiger partial charge in [-0.2, -0.15) is 31.4 Å². The van der Waals surface area contributed by atoms with Gasteiger partial charge in [0.25, 0.3) is 0 Å². The van der Waals surface area contributed by atoms with Crippen molar-refractivity contribution in [1.29, 1.82) is 0 Å². The van der Waals surface area contributed by atoms with Crippen LogP contribution in [0, 0.1) is 0 Å². The van der Waals surface area contributed by atoms with Crippen LogP contribution in [0.3, 0.4) is 0 Å². The van der Waals surface area contributed by atoms with E-state index in [9.17, 15) is 26.3 Å². The van der Waals surface area contributed by atoms with Gasteiger partial charge in [0, 0.05) is 61.3 Å². The number of pyridine rings is 1. The Balaban J connectivity index is 0.000000286. The normalized spacial score (nSPS) is 18.7. The first kappa shape index (κ1) is 30.4. The quantitative estimate of drug-likeness (QED) is 0.533. The molecule has 37 heavy (non-hydrogen) atoms. The van der Waals surface area contributed by atoms with Crippen LogP contribution in [0.25, 0.3) is 0 Å². The van der Waals surface area contributed by atoms with Gasteiger partial charge < -0.3 is 14.9 Å². The first-order valence-electron chi connectivity index (χ1n) is 10.5. The van der Waals surface area contributed by atoms with Gasteiger partial charge in [-0.05, 0) is 18.1 Å². The lowest BCUT2D eigenvalue weighted by atomic mass is 9.92. The van der Waals surface area contributed by atoms with Crippen LogP contribution in [0.4, 0.5) is 26.3 Å². The van der Waals surface area contributed by atoms with Gasteiger partial charge in [0.2, 0.25) is 0 Å². The molecule has 2 fully saturated rings. The van der Waals surface area contributed by atoms with Gasteiger partial charge >= 0.3 is 24.3 Å². The molecule has 2 aliphatic heterocycles. The summed E-state index contributed by atoms with van der Waals surface area (Å²) in [7, 11) is 1.97. The second kappa shape index (κ2) is 12.6. The average molecular weight is 559 g/mol. The van der Waals surface area contributed by atoms with E-state index in [1.165, 1.54) is 25.1 Å². The van der Waals surface area contributed by atoms with Gasteiger partial charge in [-0.3, -0.25) is 14.6 Å². The Kier molecular flexibility index (Phi) is 10.3. The molecule has 0 radical (unpaired) electrons. The van der Waals surface area contributed by atoms with Crippen LogP contribution in [0.5, 0.6) is 0 Å². The maximum Gasteiger partial charge on any atom is 0.490 e. The van der Waals surface area contributed by atoms with E-state index in [4.69, 9.17) is 24.5 Å². The number of thioether (sulfide) groups is 1. The summed E-state index contributed by atoms with van der Waals surface area (Å²) in [6.07, 6.45) is -0.868. The number of carboxylic acids is 2. The van der Waals surface area contributed by atoms with Gasteiger partial charge in [-0.15, -0.1) is 11.8 Å². The van der Waals surface area contributed by atoms with Crippen molar-refractivity contribution in [1.82, 2.24) is 19.7 Å². The Morgan fingerprint density at radius 2 is 1.70 bits per heavy atom. The fourth-order valence-electron chi connectivity index (χ4n) is 3.52. The Morgan fingerprint density at radius 1 is 1.11 bits per heavy atom. The maximum absolute atomic E-state index is 10.6. The zero-order valence-corrected chi connectivity index (χ0v) is 20.2. The topological polar surface area (TPSA) is 118 Å². The van der Waals surface area contributed by atoms with Crippen molar-refractivity contribution in [2.75, 3.05) is 18.8 Å². The Bertz CT molecular complexity index is 1000. The minimum absolute atomic E-state index is 0.376. The molecule has 1 unspecified atom stereocenters. The first-order valence-corrected chi connectivity index (χ1v) is 11.5. The molecule has 0 aliphatic carbocycles. The van der Waals surface area contributed by atoms with E-state index in [1.807, 2.05) is 30.2 Å². The van der Waals surface area contributed by atoms with Gasteiger partial charge in [0.05, 0.1) is 18.9 Å². The molecule has 9 nitrogen and oxygen atoms in total. The lowest BCUT2D eigenvalue weighted by Crippen LogP contribution is -2.58. The van der Waals surface area contributed by atoms with E-state index < -0.39 is 24.3 Å². The van der Waals surface area contributed by atoms with Crippen molar-refractivity contribution in [3.8, 4) is 0 Å². The molecule has 1 atom stereocenters. The van der Waals surface area contributed by atoms with Crippen molar-refractivity contribution in [3.05, 3.63) is 48.0 Å². The van der Waals surface area contributed by atoms with Gasteiger partial charge in [0.15, 0.2) is 0 Å². The van der Waals surface area contributed by atoms with Crippen molar-refractivity contribution < 1.29 is 50.9 Å². The van der Waals surface area contributed by atoms with Gasteiger partial charge in [-0.1, -0.05) is 6.07 Å². The molecule has 206 valence electrons.